The number of oxazole rings is 1. The molecule has 2 heterocycles. The van der Waals surface area contributed by atoms with E-state index in [0.717, 1.165) is 30.2 Å². The predicted molar refractivity (Wildman–Crippen MR) is 67.3 cm³/mol. The van der Waals surface area contributed by atoms with Crippen molar-refractivity contribution in [3.8, 4) is 0 Å². The topological polar surface area (TPSA) is 29.3 Å². The van der Waals surface area contributed by atoms with Gasteiger partial charge in [-0.25, -0.2) is 4.98 Å². The molecule has 1 aromatic heterocycles. The van der Waals surface area contributed by atoms with E-state index in [1.165, 1.54) is 32.4 Å². The van der Waals surface area contributed by atoms with Gasteiger partial charge in [0.1, 0.15) is 5.76 Å². The average Bonchev–Trinajstić information content (AvgIpc) is 2.66. The van der Waals surface area contributed by atoms with Crippen LogP contribution in [-0.4, -0.2) is 29.0 Å². The van der Waals surface area contributed by atoms with Gasteiger partial charge in [0, 0.05) is 12.5 Å². The van der Waals surface area contributed by atoms with Crippen molar-refractivity contribution in [2.45, 2.75) is 45.1 Å². The number of nitrogens with zero attached hydrogens (tertiary/aromatic N) is 2. The smallest absolute Gasteiger partial charge is 0.292 e. The lowest BCUT2D eigenvalue weighted by Gasteiger charge is -2.43. The van der Waals surface area contributed by atoms with Crippen LogP contribution in [0.25, 0.3) is 0 Å². The number of fused-ring (bicyclic) bond motifs is 2. The second-order valence-electron chi connectivity index (χ2n) is 5.25. The Balaban J connectivity index is 1.83. The first-order valence-corrected chi connectivity index (χ1v) is 7.04. The minimum atomic E-state index is 0.315. The van der Waals surface area contributed by atoms with Crippen LogP contribution in [0.3, 0.4) is 0 Å². The number of hydrogen-bond donors (Lipinski definition) is 0. The molecule has 94 valence electrons. The van der Waals surface area contributed by atoms with Crippen LogP contribution < -0.4 is 0 Å². The summed E-state index contributed by atoms with van der Waals surface area (Å²) in [6.07, 6.45) is 5.93. The molecule has 1 fully saturated rings. The molecule has 3 rings (SSSR count). The molecule has 4 heteroatoms. The Bertz CT molecular complexity index is 402. The fraction of sp³-hybridized carbons (Fsp3) is 0.769. The van der Waals surface area contributed by atoms with E-state index in [-0.39, 0.29) is 0 Å². The predicted octanol–water partition coefficient (Wildman–Crippen LogP) is 2.92. The highest BCUT2D eigenvalue weighted by Crippen LogP contribution is 2.35. The van der Waals surface area contributed by atoms with E-state index in [1.807, 2.05) is 0 Å². The fourth-order valence-corrected chi connectivity index (χ4v) is 3.62. The van der Waals surface area contributed by atoms with Crippen molar-refractivity contribution >= 4 is 11.6 Å². The molecular formula is C13H19ClN2O. The van der Waals surface area contributed by atoms with Gasteiger partial charge in [0.05, 0.1) is 5.69 Å². The van der Waals surface area contributed by atoms with E-state index < -0.39 is 0 Å². The molecule has 0 amide bonds. The molecule has 0 spiro atoms. The second kappa shape index (κ2) is 4.62. The van der Waals surface area contributed by atoms with Crippen molar-refractivity contribution in [3.05, 3.63) is 16.8 Å². The molecule has 2 aliphatic rings. The summed E-state index contributed by atoms with van der Waals surface area (Å²) in [7, 11) is 0. The number of piperidine rings is 1. The number of aromatic nitrogens is 1. The van der Waals surface area contributed by atoms with Crippen molar-refractivity contribution < 1.29 is 4.42 Å². The van der Waals surface area contributed by atoms with Crippen molar-refractivity contribution in [1.82, 2.24) is 9.88 Å². The number of likely N-dealkylation sites (tertiary alicyclic amines) is 1. The van der Waals surface area contributed by atoms with E-state index in [2.05, 4.69) is 16.8 Å². The zero-order chi connectivity index (χ0) is 11.8. The highest BCUT2D eigenvalue weighted by atomic mass is 35.5. The van der Waals surface area contributed by atoms with Gasteiger partial charge in [0.25, 0.3) is 5.35 Å². The van der Waals surface area contributed by atoms with E-state index in [4.69, 9.17) is 16.0 Å². The van der Waals surface area contributed by atoms with Gasteiger partial charge in [0.2, 0.25) is 0 Å². The lowest BCUT2D eigenvalue weighted by atomic mass is 9.79. The average molecular weight is 255 g/mol. The maximum Gasteiger partial charge on any atom is 0.292 e. The second-order valence-corrected chi connectivity index (χ2v) is 5.57. The molecule has 0 aromatic carbocycles. The van der Waals surface area contributed by atoms with E-state index in [1.54, 1.807) is 0 Å². The molecule has 0 saturated carbocycles. The van der Waals surface area contributed by atoms with Crippen molar-refractivity contribution in [3.63, 3.8) is 0 Å². The van der Waals surface area contributed by atoms with Gasteiger partial charge in [-0.3, -0.25) is 4.90 Å². The quantitative estimate of drug-likeness (QED) is 0.813. The van der Waals surface area contributed by atoms with Crippen LogP contribution in [0.2, 0.25) is 5.35 Å². The van der Waals surface area contributed by atoms with Crippen LogP contribution in [-0.2, 0) is 12.8 Å². The van der Waals surface area contributed by atoms with Crippen molar-refractivity contribution in [2.75, 3.05) is 13.1 Å². The maximum atomic E-state index is 5.85. The zero-order valence-corrected chi connectivity index (χ0v) is 11.0. The SMILES string of the molecule is CCCN1CCCC2Cc3nc(Cl)oc3CC21. The molecule has 2 atom stereocenters. The van der Waals surface area contributed by atoms with Crippen LogP contribution in [0, 0.1) is 5.92 Å². The first-order chi connectivity index (χ1) is 8.28. The van der Waals surface area contributed by atoms with Gasteiger partial charge in [-0.2, -0.15) is 0 Å². The summed E-state index contributed by atoms with van der Waals surface area (Å²) in [5.74, 6) is 1.78. The van der Waals surface area contributed by atoms with Gasteiger partial charge in [-0.15, -0.1) is 0 Å². The van der Waals surface area contributed by atoms with Gasteiger partial charge < -0.3 is 4.42 Å². The Morgan fingerprint density at radius 1 is 1.47 bits per heavy atom. The molecule has 1 aliphatic heterocycles. The molecule has 0 bridgehead atoms. The fourth-order valence-electron chi connectivity index (χ4n) is 3.42. The van der Waals surface area contributed by atoms with E-state index >= 15 is 0 Å². The third-order valence-electron chi connectivity index (χ3n) is 4.15. The molecule has 0 N–H and O–H groups in total. The number of hydrogen-bond acceptors (Lipinski definition) is 3. The minimum Gasteiger partial charge on any atom is -0.432 e. The molecule has 1 aliphatic carbocycles. The Hall–Kier alpha value is -0.540. The van der Waals surface area contributed by atoms with Crippen LogP contribution >= 0.6 is 11.6 Å². The Morgan fingerprint density at radius 2 is 2.35 bits per heavy atom. The lowest BCUT2D eigenvalue weighted by Crippen LogP contribution is -2.49. The summed E-state index contributed by atoms with van der Waals surface area (Å²) in [5, 5.41) is 0.315. The Labute approximate surface area is 107 Å². The Kier molecular flexibility index (Phi) is 3.14. The van der Waals surface area contributed by atoms with Crippen molar-refractivity contribution in [1.29, 1.82) is 0 Å². The maximum absolute atomic E-state index is 5.85. The highest BCUT2D eigenvalue weighted by molar-refractivity contribution is 6.27. The first-order valence-electron chi connectivity index (χ1n) is 6.66. The van der Waals surface area contributed by atoms with Gasteiger partial charge in [-0.1, -0.05) is 6.92 Å². The van der Waals surface area contributed by atoms with Crippen LogP contribution in [0.4, 0.5) is 0 Å². The summed E-state index contributed by atoms with van der Waals surface area (Å²) in [5.41, 5.74) is 1.11. The molecular weight excluding hydrogens is 236 g/mol. The van der Waals surface area contributed by atoms with Crippen LogP contribution in [0.15, 0.2) is 4.42 Å². The molecule has 2 unspecified atom stereocenters. The third-order valence-corrected chi connectivity index (χ3v) is 4.31. The van der Waals surface area contributed by atoms with E-state index in [9.17, 15) is 0 Å². The van der Waals surface area contributed by atoms with Crippen LogP contribution in [0.1, 0.15) is 37.6 Å². The van der Waals surface area contributed by atoms with E-state index in [0.29, 0.717) is 11.4 Å². The highest BCUT2D eigenvalue weighted by Gasteiger charge is 2.37. The number of halogens is 1. The monoisotopic (exact) mass is 254 g/mol. The first kappa shape index (κ1) is 11.5. The molecule has 1 saturated heterocycles. The largest absolute Gasteiger partial charge is 0.432 e. The number of rotatable bonds is 2. The molecule has 0 radical (unpaired) electrons. The summed E-state index contributed by atoms with van der Waals surface area (Å²) < 4.78 is 5.51. The zero-order valence-electron chi connectivity index (χ0n) is 10.3. The standard InChI is InChI=1S/C13H19ClN2O/c1-2-5-16-6-3-4-9-7-10-12(8-11(9)16)17-13(14)15-10/h9,11H,2-8H2,1H3. The summed E-state index contributed by atoms with van der Waals surface area (Å²) >= 11 is 5.85. The summed E-state index contributed by atoms with van der Waals surface area (Å²) in [6, 6.07) is 0.653. The Morgan fingerprint density at radius 3 is 3.18 bits per heavy atom. The van der Waals surface area contributed by atoms with Crippen molar-refractivity contribution in [2.24, 2.45) is 5.92 Å². The molecule has 1 aromatic rings. The van der Waals surface area contributed by atoms with Gasteiger partial charge in [0.15, 0.2) is 0 Å². The summed E-state index contributed by atoms with van der Waals surface area (Å²) in [4.78, 5) is 6.93. The normalized spacial score (nSPS) is 28.8. The summed E-state index contributed by atoms with van der Waals surface area (Å²) in [6.45, 7) is 4.70. The minimum absolute atomic E-state index is 0.315. The van der Waals surface area contributed by atoms with Gasteiger partial charge >= 0.3 is 0 Å². The lowest BCUT2D eigenvalue weighted by molar-refractivity contribution is 0.0799. The third kappa shape index (κ3) is 2.11. The van der Waals surface area contributed by atoms with Crippen LogP contribution in [0.5, 0.6) is 0 Å². The molecule has 17 heavy (non-hydrogen) atoms. The molecule has 3 nitrogen and oxygen atoms in total. The van der Waals surface area contributed by atoms with Gasteiger partial charge in [-0.05, 0) is 56.3 Å².